The quantitative estimate of drug-likeness (QED) is 0.569. The van der Waals surface area contributed by atoms with Gasteiger partial charge in [0.15, 0.2) is 0 Å². The van der Waals surface area contributed by atoms with Gasteiger partial charge in [0.05, 0.1) is 11.5 Å². The highest BCUT2D eigenvalue weighted by molar-refractivity contribution is 5.96. The predicted molar refractivity (Wildman–Crippen MR) is 105 cm³/mol. The van der Waals surface area contributed by atoms with Crippen LogP contribution in [0.4, 0.5) is 5.69 Å². The van der Waals surface area contributed by atoms with E-state index in [0.717, 1.165) is 25.7 Å². The van der Waals surface area contributed by atoms with Gasteiger partial charge in [0.1, 0.15) is 0 Å². The van der Waals surface area contributed by atoms with Crippen molar-refractivity contribution in [2.75, 3.05) is 13.1 Å². The number of amides is 2. The van der Waals surface area contributed by atoms with Crippen LogP contribution in [0.3, 0.4) is 0 Å². The molecule has 0 radical (unpaired) electrons. The zero-order valence-corrected chi connectivity index (χ0v) is 15.5. The molecule has 0 atom stereocenters. The van der Waals surface area contributed by atoms with E-state index in [1.165, 1.54) is 29.8 Å². The molecule has 0 unspecified atom stereocenters. The molecule has 7 nitrogen and oxygen atoms in total. The van der Waals surface area contributed by atoms with Gasteiger partial charge in [-0.3, -0.25) is 19.7 Å². The van der Waals surface area contributed by atoms with Gasteiger partial charge in [-0.25, -0.2) is 0 Å². The van der Waals surface area contributed by atoms with Crippen LogP contribution in [0.5, 0.6) is 0 Å². The Bertz CT molecular complexity index is 861. The monoisotopic (exact) mass is 381 g/mol. The second-order valence-electron chi connectivity index (χ2n) is 7.12. The lowest BCUT2D eigenvalue weighted by Crippen LogP contribution is -2.43. The Balaban J connectivity index is 1.55. The Morgan fingerprint density at radius 1 is 1.00 bits per heavy atom. The first kappa shape index (κ1) is 19.5. The molecule has 1 aliphatic rings. The summed E-state index contributed by atoms with van der Waals surface area (Å²) < 4.78 is 0. The first-order valence-corrected chi connectivity index (χ1v) is 9.35. The van der Waals surface area contributed by atoms with Crippen LogP contribution in [0.25, 0.3) is 0 Å². The molecule has 1 fully saturated rings. The molecule has 0 aliphatic heterocycles. The van der Waals surface area contributed by atoms with Gasteiger partial charge in [0, 0.05) is 29.7 Å². The number of rotatable bonds is 7. The van der Waals surface area contributed by atoms with Gasteiger partial charge in [0.25, 0.3) is 11.6 Å². The van der Waals surface area contributed by atoms with Crippen molar-refractivity contribution in [2.45, 2.75) is 31.1 Å². The zero-order valence-electron chi connectivity index (χ0n) is 15.5. The highest BCUT2D eigenvalue weighted by Crippen LogP contribution is 2.40. The number of nitro groups is 1. The minimum Gasteiger partial charge on any atom is -0.354 e. The Labute approximate surface area is 163 Å². The molecule has 1 saturated carbocycles. The van der Waals surface area contributed by atoms with Gasteiger partial charge in [0.2, 0.25) is 5.91 Å². The topological polar surface area (TPSA) is 101 Å². The third kappa shape index (κ3) is 4.54. The average molecular weight is 381 g/mol. The Morgan fingerprint density at radius 2 is 1.71 bits per heavy atom. The molecular weight excluding hydrogens is 358 g/mol. The van der Waals surface area contributed by atoms with Crippen LogP contribution < -0.4 is 10.6 Å². The average Bonchev–Trinajstić information content (AvgIpc) is 3.21. The summed E-state index contributed by atoms with van der Waals surface area (Å²) in [6, 6.07) is 15.6. The second-order valence-corrected chi connectivity index (χ2v) is 7.12. The van der Waals surface area contributed by atoms with Crippen LogP contribution in [-0.2, 0) is 10.2 Å². The first-order chi connectivity index (χ1) is 13.5. The van der Waals surface area contributed by atoms with E-state index in [2.05, 4.69) is 22.8 Å². The van der Waals surface area contributed by atoms with Crippen LogP contribution in [0.1, 0.15) is 41.6 Å². The van der Waals surface area contributed by atoms with Crippen molar-refractivity contribution in [1.29, 1.82) is 0 Å². The zero-order chi connectivity index (χ0) is 20.0. The third-order valence-electron chi connectivity index (χ3n) is 5.30. The molecule has 3 rings (SSSR count). The molecule has 7 heteroatoms. The van der Waals surface area contributed by atoms with Crippen molar-refractivity contribution in [1.82, 2.24) is 10.6 Å². The Kier molecular flexibility index (Phi) is 6.03. The normalized spacial score (nSPS) is 15.0. The van der Waals surface area contributed by atoms with Crippen LogP contribution in [0, 0.1) is 10.1 Å². The number of hydrogen-bond donors (Lipinski definition) is 2. The van der Waals surface area contributed by atoms with E-state index in [-0.39, 0.29) is 29.1 Å². The Hall–Kier alpha value is -3.22. The molecule has 0 bridgehead atoms. The van der Waals surface area contributed by atoms with E-state index in [0.29, 0.717) is 6.54 Å². The molecule has 0 heterocycles. The maximum Gasteiger partial charge on any atom is 0.270 e. The first-order valence-electron chi connectivity index (χ1n) is 9.35. The van der Waals surface area contributed by atoms with Gasteiger partial charge in [-0.15, -0.1) is 0 Å². The number of nitrogens with zero attached hydrogens (tertiary/aromatic N) is 1. The van der Waals surface area contributed by atoms with E-state index in [1.54, 1.807) is 0 Å². The molecule has 2 amide bonds. The summed E-state index contributed by atoms with van der Waals surface area (Å²) in [7, 11) is 0. The van der Waals surface area contributed by atoms with Crippen molar-refractivity contribution in [2.24, 2.45) is 0 Å². The molecule has 0 saturated heterocycles. The van der Waals surface area contributed by atoms with Gasteiger partial charge in [-0.1, -0.05) is 49.2 Å². The van der Waals surface area contributed by atoms with Crippen LogP contribution in [0.2, 0.25) is 0 Å². The molecule has 2 N–H and O–H groups in total. The van der Waals surface area contributed by atoms with Crippen molar-refractivity contribution in [3.05, 3.63) is 75.8 Å². The van der Waals surface area contributed by atoms with Gasteiger partial charge in [-0.05, 0) is 24.5 Å². The van der Waals surface area contributed by atoms with Crippen molar-refractivity contribution < 1.29 is 14.5 Å². The minimum atomic E-state index is -0.561. The van der Waals surface area contributed by atoms with Crippen molar-refractivity contribution in [3.63, 3.8) is 0 Å². The highest BCUT2D eigenvalue weighted by atomic mass is 16.6. The number of carbonyl (C=O) groups is 2. The molecule has 2 aromatic rings. The van der Waals surface area contributed by atoms with Crippen LogP contribution in [-0.4, -0.2) is 29.8 Å². The van der Waals surface area contributed by atoms with E-state index < -0.39 is 10.8 Å². The maximum absolute atomic E-state index is 12.3. The van der Waals surface area contributed by atoms with Gasteiger partial charge in [-0.2, -0.15) is 0 Å². The Morgan fingerprint density at radius 3 is 2.39 bits per heavy atom. The molecule has 0 spiro atoms. The van der Waals surface area contributed by atoms with Gasteiger partial charge < -0.3 is 10.6 Å². The fraction of sp³-hybridized carbons (Fsp3) is 0.333. The standard InChI is InChI=1S/C21H23N3O4/c25-19(14-22-20(26)16-7-6-10-18(13-16)24(27)28)23-15-21(11-4-5-12-21)17-8-2-1-3-9-17/h1-3,6-10,13H,4-5,11-12,14-15H2,(H,22,26)(H,23,25). The van der Waals surface area contributed by atoms with Gasteiger partial charge >= 0.3 is 0 Å². The summed E-state index contributed by atoms with van der Waals surface area (Å²) >= 11 is 0. The predicted octanol–water partition coefficient (Wildman–Crippen LogP) is 2.95. The molecular formula is C21H23N3O4. The van der Waals surface area contributed by atoms with E-state index in [4.69, 9.17) is 0 Å². The number of hydrogen-bond acceptors (Lipinski definition) is 4. The molecule has 0 aromatic heterocycles. The summed E-state index contributed by atoms with van der Waals surface area (Å²) in [5.41, 5.74) is 1.16. The summed E-state index contributed by atoms with van der Waals surface area (Å²) in [6.07, 6.45) is 4.32. The fourth-order valence-corrected chi connectivity index (χ4v) is 3.76. The molecule has 146 valence electrons. The third-order valence-corrected chi connectivity index (χ3v) is 5.30. The lowest BCUT2D eigenvalue weighted by Gasteiger charge is -2.30. The van der Waals surface area contributed by atoms with Crippen molar-refractivity contribution >= 4 is 17.5 Å². The minimum absolute atomic E-state index is 0.0546. The second kappa shape index (κ2) is 8.65. The van der Waals surface area contributed by atoms with Crippen LogP contribution >= 0.6 is 0 Å². The largest absolute Gasteiger partial charge is 0.354 e. The smallest absolute Gasteiger partial charge is 0.270 e. The summed E-state index contributed by atoms with van der Waals surface area (Å²) in [4.78, 5) is 34.7. The summed E-state index contributed by atoms with van der Waals surface area (Å²) in [6.45, 7) is 0.356. The molecule has 28 heavy (non-hydrogen) atoms. The highest BCUT2D eigenvalue weighted by Gasteiger charge is 2.35. The summed E-state index contributed by atoms with van der Waals surface area (Å²) in [5.74, 6) is -0.793. The van der Waals surface area contributed by atoms with E-state index in [1.807, 2.05) is 18.2 Å². The SMILES string of the molecule is O=C(CNC(=O)c1cccc([N+](=O)[O-])c1)NCC1(c2ccccc2)CCCC1. The number of nitro benzene ring substituents is 1. The lowest BCUT2D eigenvalue weighted by atomic mass is 9.79. The number of non-ortho nitro benzene ring substituents is 1. The summed E-state index contributed by atoms with van der Waals surface area (Å²) in [5, 5.41) is 16.3. The number of benzene rings is 2. The fourth-order valence-electron chi connectivity index (χ4n) is 3.76. The van der Waals surface area contributed by atoms with Crippen molar-refractivity contribution in [3.8, 4) is 0 Å². The number of carbonyl (C=O) groups excluding carboxylic acids is 2. The lowest BCUT2D eigenvalue weighted by molar-refractivity contribution is -0.384. The van der Waals surface area contributed by atoms with E-state index >= 15 is 0 Å². The molecule has 2 aromatic carbocycles. The number of nitrogens with one attached hydrogen (secondary N) is 2. The molecule has 1 aliphatic carbocycles. The van der Waals surface area contributed by atoms with E-state index in [9.17, 15) is 19.7 Å². The van der Waals surface area contributed by atoms with Crippen LogP contribution in [0.15, 0.2) is 54.6 Å². The maximum atomic E-state index is 12.3.